The normalized spacial score (nSPS) is 10.6. The standard InChI is InChI=1S/C18H15ClN2O3/c1-21-16(12-7-3-2-4-8-12)15(18(23)24-21)17(22)20-11-13-9-5-6-10-14(13)19/h2-10H,11H2,1H3,(H,20,22). The van der Waals surface area contributed by atoms with E-state index in [1.165, 1.54) is 4.74 Å². The Kier molecular flexibility index (Phi) is 4.53. The highest BCUT2D eigenvalue weighted by atomic mass is 35.5. The topological polar surface area (TPSA) is 64.2 Å². The van der Waals surface area contributed by atoms with Gasteiger partial charge < -0.3 is 9.84 Å². The SMILES string of the molecule is Cn1oc(=O)c(C(=O)NCc2ccccc2Cl)c1-c1ccccc1. The minimum absolute atomic E-state index is 0.0178. The number of carbonyl (C=O) groups excluding carboxylic acids is 1. The van der Waals surface area contributed by atoms with Crippen LogP contribution in [0.4, 0.5) is 0 Å². The van der Waals surface area contributed by atoms with Crippen LogP contribution in [0.25, 0.3) is 11.3 Å². The number of nitrogens with one attached hydrogen (secondary N) is 1. The molecule has 3 rings (SSSR count). The van der Waals surface area contributed by atoms with Gasteiger partial charge in [-0.3, -0.25) is 4.79 Å². The molecule has 0 unspecified atom stereocenters. The fraction of sp³-hybridized carbons (Fsp3) is 0.111. The predicted octanol–water partition coefficient (Wildman–Crippen LogP) is 3.23. The molecule has 122 valence electrons. The average molecular weight is 343 g/mol. The highest BCUT2D eigenvalue weighted by Gasteiger charge is 2.23. The molecule has 5 nitrogen and oxygen atoms in total. The molecule has 0 spiro atoms. The number of hydrogen-bond donors (Lipinski definition) is 1. The fourth-order valence-corrected chi connectivity index (χ4v) is 2.70. The smallest absolute Gasteiger partial charge is 0.348 e. The highest BCUT2D eigenvalue weighted by Crippen LogP contribution is 2.22. The molecule has 0 radical (unpaired) electrons. The Labute approximate surface area is 143 Å². The second kappa shape index (κ2) is 6.76. The van der Waals surface area contributed by atoms with Crippen molar-refractivity contribution in [3.05, 3.63) is 81.2 Å². The molecule has 0 aliphatic rings. The summed E-state index contributed by atoms with van der Waals surface area (Å²) in [5.74, 6) is -0.497. The maximum absolute atomic E-state index is 12.5. The zero-order valence-corrected chi connectivity index (χ0v) is 13.7. The largest absolute Gasteiger partial charge is 0.370 e. The number of carbonyl (C=O) groups is 1. The van der Waals surface area contributed by atoms with E-state index in [9.17, 15) is 9.59 Å². The highest BCUT2D eigenvalue weighted by molar-refractivity contribution is 6.31. The molecular formula is C18H15ClN2O3. The van der Waals surface area contributed by atoms with Crippen molar-refractivity contribution < 1.29 is 9.32 Å². The molecule has 3 aromatic rings. The fourth-order valence-electron chi connectivity index (χ4n) is 2.50. The Bertz CT molecular complexity index is 929. The third-order valence-corrected chi connectivity index (χ3v) is 4.02. The quantitative estimate of drug-likeness (QED) is 0.791. The van der Waals surface area contributed by atoms with Crippen molar-refractivity contribution in [2.24, 2.45) is 7.05 Å². The predicted molar refractivity (Wildman–Crippen MR) is 92.0 cm³/mol. The summed E-state index contributed by atoms with van der Waals surface area (Å²) in [5, 5.41) is 3.28. The lowest BCUT2D eigenvalue weighted by Crippen LogP contribution is -2.27. The van der Waals surface area contributed by atoms with Gasteiger partial charge in [0.05, 0.1) is 0 Å². The summed E-state index contributed by atoms with van der Waals surface area (Å²) in [5.41, 5.74) is 1.25. The van der Waals surface area contributed by atoms with Gasteiger partial charge in [-0.05, 0) is 11.6 Å². The number of hydrogen-bond acceptors (Lipinski definition) is 3. The lowest BCUT2D eigenvalue weighted by molar-refractivity contribution is 0.0949. The summed E-state index contributed by atoms with van der Waals surface area (Å²) >= 11 is 6.08. The molecule has 0 saturated carbocycles. The van der Waals surface area contributed by atoms with E-state index < -0.39 is 11.5 Å². The summed E-state index contributed by atoms with van der Waals surface area (Å²) in [7, 11) is 1.59. The molecule has 24 heavy (non-hydrogen) atoms. The van der Waals surface area contributed by atoms with Crippen molar-refractivity contribution in [2.45, 2.75) is 6.54 Å². The maximum Gasteiger partial charge on any atom is 0.370 e. The summed E-state index contributed by atoms with van der Waals surface area (Å²) in [4.78, 5) is 24.6. The Morgan fingerprint density at radius 1 is 1.12 bits per heavy atom. The van der Waals surface area contributed by atoms with E-state index in [-0.39, 0.29) is 12.1 Å². The van der Waals surface area contributed by atoms with Crippen molar-refractivity contribution in [2.75, 3.05) is 0 Å². The summed E-state index contributed by atoms with van der Waals surface area (Å²) in [6.45, 7) is 0.223. The van der Waals surface area contributed by atoms with Crippen molar-refractivity contribution in [3.8, 4) is 11.3 Å². The number of amides is 1. The van der Waals surface area contributed by atoms with Crippen molar-refractivity contribution in [3.63, 3.8) is 0 Å². The summed E-state index contributed by atoms with van der Waals surface area (Å²) < 4.78 is 6.38. The van der Waals surface area contributed by atoms with E-state index in [1.54, 1.807) is 13.1 Å². The summed E-state index contributed by atoms with van der Waals surface area (Å²) in [6.07, 6.45) is 0. The third kappa shape index (κ3) is 3.12. The Morgan fingerprint density at radius 2 is 1.79 bits per heavy atom. The Hall–Kier alpha value is -2.79. The van der Waals surface area contributed by atoms with Crippen LogP contribution in [0.5, 0.6) is 0 Å². The number of benzene rings is 2. The van der Waals surface area contributed by atoms with E-state index in [0.29, 0.717) is 10.7 Å². The first-order valence-electron chi connectivity index (χ1n) is 7.35. The van der Waals surface area contributed by atoms with Gasteiger partial charge in [0.15, 0.2) is 5.56 Å². The number of aryl methyl sites for hydroxylation is 1. The molecule has 6 heteroatoms. The number of rotatable bonds is 4. The minimum Gasteiger partial charge on any atom is -0.348 e. The molecular weight excluding hydrogens is 328 g/mol. The van der Waals surface area contributed by atoms with Crippen LogP contribution in [-0.4, -0.2) is 10.6 Å². The van der Waals surface area contributed by atoms with Gasteiger partial charge in [-0.2, -0.15) is 0 Å². The third-order valence-electron chi connectivity index (χ3n) is 3.65. The lowest BCUT2D eigenvalue weighted by Gasteiger charge is -2.07. The van der Waals surface area contributed by atoms with E-state index in [4.69, 9.17) is 16.1 Å². The number of aromatic nitrogens is 1. The lowest BCUT2D eigenvalue weighted by atomic mass is 10.1. The second-order valence-electron chi connectivity index (χ2n) is 5.24. The van der Waals surface area contributed by atoms with Crippen LogP contribution in [-0.2, 0) is 13.6 Å². The van der Waals surface area contributed by atoms with Crippen LogP contribution < -0.4 is 10.9 Å². The molecule has 0 fully saturated rings. The molecule has 1 amide bonds. The number of nitrogens with zero attached hydrogens (tertiary/aromatic N) is 1. The first-order valence-corrected chi connectivity index (χ1v) is 7.73. The van der Waals surface area contributed by atoms with E-state index in [1.807, 2.05) is 48.5 Å². The van der Waals surface area contributed by atoms with Crippen LogP contribution in [0.3, 0.4) is 0 Å². The first kappa shape index (κ1) is 16.1. The van der Waals surface area contributed by atoms with Crippen LogP contribution in [0.2, 0.25) is 5.02 Å². The minimum atomic E-state index is -0.673. The molecule has 0 saturated heterocycles. The number of halogens is 1. The first-order chi connectivity index (χ1) is 11.6. The van der Waals surface area contributed by atoms with Crippen molar-refractivity contribution in [1.82, 2.24) is 10.1 Å². The van der Waals surface area contributed by atoms with Crippen molar-refractivity contribution in [1.29, 1.82) is 0 Å². The van der Waals surface area contributed by atoms with Gasteiger partial charge in [-0.15, -0.1) is 0 Å². The zero-order valence-electron chi connectivity index (χ0n) is 13.0. The molecule has 0 atom stereocenters. The van der Waals surface area contributed by atoms with Gasteiger partial charge in [0, 0.05) is 24.2 Å². The molecule has 0 aliphatic carbocycles. The molecule has 1 heterocycles. The van der Waals surface area contributed by atoms with Crippen LogP contribution in [0, 0.1) is 0 Å². The van der Waals surface area contributed by atoms with Gasteiger partial charge in [0.25, 0.3) is 5.91 Å². The van der Waals surface area contributed by atoms with Gasteiger partial charge in [0.2, 0.25) is 0 Å². The monoisotopic (exact) mass is 342 g/mol. The summed E-state index contributed by atoms with van der Waals surface area (Å²) in [6, 6.07) is 16.4. The van der Waals surface area contributed by atoms with Crippen molar-refractivity contribution >= 4 is 17.5 Å². The molecule has 1 aromatic heterocycles. The van der Waals surface area contributed by atoms with Gasteiger partial charge in [0.1, 0.15) is 5.69 Å². The van der Waals surface area contributed by atoms with E-state index in [0.717, 1.165) is 11.1 Å². The van der Waals surface area contributed by atoms with Gasteiger partial charge >= 0.3 is 5.63 Å². The average Bonchev–Trinajstić information content (AvgIpc) is 2.89. The zero-order chi connectivity index (χ0) is 17.1. The van der Waals surface area contributed by atoms with Gasteiger partial charge in [-0.25, -0.2) is 9.53 Å². The maximum atomic E-state index is 12.5. The Morgan fingerprint density at radius 3 is 2.50 bits per heavy atom. The molecule has 2 aromatic carbocycles. The Balaban J connectivity index is 1.91. The molecule has 0 bridgehead atoms. The van der Waals surface area contributed by atoms with Crippen LogP contribution in [0.1, 0.15) is 15.9 Å². The van der Waals surface area contributed by atoms with E-state index >= 15 is 0 Å². The van der Waals surface area contributed by atoms with Crippen LogP contribution in [0.15, 0.2) is 63.9 Å². The second-order valence-corrected chi connectivity index (χ2v) is 5.65. The molecule has 0 aliphatic heterocycles. The van der Waals surface area contributed by atoms with Gasteiger partial charge in [-0.1, -0.05) is 60.1 Å². The molecule has 1 N–H and O–H groups in total. The van der Waals surface area contributed by atoms with Crippen LogP contribution >= 0.6 is 11.6 Å². The van der Waals surface area contributed by atoms with E-state index in [2.05, 4.69) is 5.32 Å².